The Balaban J connectivity index is 0.000000504. The zero-order valence-corrected chi connectivity index (χ0v) is 15.8. The predicted octanol–water partition coefficient (Wildman–Crippen LogP) is -0.456. The molecule has 0 unspecified atom stereocenters. The fourth-order valence-electron chi connectivity index (χ4n) is 2.64. The molecule has 0 saturated heterocycles. The van der Waals surface area contributed by atoms with Crippen LogP contribution in [-0.2, 0) is 15.0 Å². The maximum Gasteiger partial charge on any atom is 0.335 e. The molecular formula is C16H24BrNO8. The second-order valence-electron chi connectivity index (χ2n) is 6.48. The standard InChI is InChI=1S/C12H16BrNO.C4H6O6.H2O/c1-12(2)6-10(15)11(14)8-4-3-7(13)5-9(8)12;5-1(3(7)8)2(6)4(9)10;/h3-5,10-11,15H,6,14H2,1-2H3;1-2,5-6H,(H,7,8)(H,9,10);1H2/t10-,11-;1-,2-;/m10./s1. The number of aliphatic hydroxyl groups excluding tert-OH is 3. The molecule has 0 heterocycles. The smallest absolute Gasteiger partial charge is 0.335 e. The number of fused-ring (bicyclic) bond motifs is 1. The molecule has 9 N–H and O–H groups in total. The number of carboxylic acids is 2. The molecule has 148 valence electrons. The van der Waals surface area contributed by atoms with Crippen molar-refractivity contribution in [2.24, 2.45) is 5.73 Å². The van der Waals surface area contributed by atoms with E-state index in [2.05, 4.69) is 35.8 Å². The molecule has 0 radical (unpaired) electrons. The highest BCUT2D eigenvalue weighted by Crippen LogP contribution is 2.41. The number of carboxylic acid groups (broad SMARTS) is 2. The largest absolute Gasteiger partial charge is 0.479 e. The molecule has 0 saturated carbocycles. The van der Waals surface area contributed by atoms with E-state index in [1.165, 1.54) is 5.56 Å². The van der Waals surface area contributed by atoms with Gasteiger partial charge in [0.05, 0.1) is 12.1 Å². The summed E-state index contributed by atoms with van der Waals surface area (Å²) in [7, 11) is 0. The second kappa shape index (κ2) is 9.40. The normalized spacial score (nSPS) is 22.6. The van der Waals surface area contributed by atoms with Crippen LogP contribution < -0.4 is 5.73 Å². The average molecular weight is 438 g/mol. The lowest BCUT2D eigenvalue weighted by molar-refractivity contribution is -0.165. The summed E-state index contributed by atoms with van der Waals surface area (Å²) in [6.07, 6.45) is -4.25. The van der Waals surface area contributed by atoms with Gasteiger partial charge in [-0.25, -0.2) is 9.59 Å². The lowest BCUT2D eigenvalue weighted by atomic mass is 9.70. The molecule has 1 aromatic carbocycles. The molecule has 10 heteroatoms. The Hall–Kier alpha value is -1.56. The van der Waals surface area contributed by atoms with E-state index in [1.54, 1.807) is 0 Å². The summed E-state index contributed by atoms with van der Waals surface area (Å²) in [5, 5.41) is 42.4. The van der Waals surface area contributed by atoms with E-state index in [-0.39, 0.29) is 16.9 Å². The Labute approximate surface area is 158 Å². The van der Waals surface area contributed by atoms with Crippen LogP contribution in [0, 0.1) is 0 Å². The number of carbonyl (C=O) groups is 2. The maximum atomic E-state index is 9.89. The summed E-state index contributed by atoms with van der Waals surface area (Å²) in [6, 6.07) is 5.85. The van der Waals surface area contributed by atoms with Gasteiger partial charge in [-0.3, -0.25) is 0 Å². The molecule has 0 fully saturated rings. The number of nitrogens with two attached hydrogens (primary N) is 1. The first-order valence-electron chi connectivity index (χ1n) is 7.43. The van der Waals surface area contributed by atoms with Gasteiger partial charge in [-0.1, -0.05) is 35.8 Å². The zero-order chi connectivity index (χ0) is 19.5. The fraction of sp³-hybridized carbons (Fsp3) is 0.500. The van der Waals surface area contributed by atoms with E-state index in [0.717, 1.165) is 16.5 Å². The van der Waals surface area contributed by atoms with Gasteiger partial charge >= 0.3 is 11.9 Å². The minimum atomic E-state index is -2.27. The first-order valence-corrected chi connectivity index (χ1v) is 8.23. The predicted molar refractivity (Wildman–Crippen MR) is 95.6 cm³/mol. The summed E-state index contributed by atoms with van der Waals surface area (Å²) >= 11 is 3.47. The summed E-state index contributed by atoms with van der Waals surface area (Å²) < 4.78 is 1.07. The van der Waals surface area contributed by atoms with Gasteiger partial charge in [-0.2, -0.15) is 0 Å². The average Bonchev–Trinajstić information content (AvgIpc) is 2.51. The van der Waals surface area contributed by atoms with E-state index in [4.69, 9.17) is 26.2 Å². The van der Waals surface area contributed by atoms with Crippen LogP contribution in [-0.4, -0.2) is 61.3 Å². The molecular weight excluding hydrogens is 414 g/mol. The third-order valence-corrected chi connectivity index (χ3v) is 4.54. The highest BCUT2D eigenvalue weighted by Gasteiger charge is 2.36. The molecule has 1 aromatic rings. The van der Waals surface area contributed by atoms with Crippen LogP contribution in [0.3, 0.4) is 0 Å². The molecule has 0 aliphatic heterocycles. The molecule has 4 atom stereocenters. The number of halogens is 1. The van der Waals surface area contributed by atoms with E-state index in [0.29, 0.717) is 0 Å². The van der Waals surface area contributed by atoms with Gasteiger partial charge in [-0.05, 0) is 35.1 Å². The number of aliphatic carboxylic acids is 2. The lowest BCUT2D eigenvalue weighted by Gasteiger charge is -2.39. The van der Waals surface area contributed by atoms with Crippen molar-refractivity contribution in [1.82, 2.24) is 0 Å². The topological polar surface area (TPSA) is 193 Å². The Morgan fingerprint density at radius 1 is 1.19 bits per heavy atom. The van der Waals surface area contributed by atoms with Gasteiger partial charge in [0, 0.05) is 4.47 Å². The number of hydrogen-bond donors (Lipinski definition) is 6. The van der Waals surface area contributed by atoms with Crippen LogP contribution in [0.2, 0.25) is 0 Å². The number of aliphatic hydroxyl groups is 3. The molecule has 1 aliphatic rings. The lowest BCUT2D eigenvalue weighted by Crippen LogP contribution is -2.39. The van der Waals surface area contributed by atoms with Gasteiger partial charge < -0.3 is 36.7 Å². The molecule has 0 aromatic heterocycles. The first-order chi connectivity index (χ1) is 11.4. The van der Waals surface area contributed by atoms with Crippen molar-refractivity contribution in [3.8, 4) is 0 Å². The Morgan fingerprint density at radius 2 is 1.65 bits per heavy atom. The molecule has 0 amide bonds. The third kappa shape index (κ3) is 5.73. The van der Waals surface area contributed by atoms with Crippen molar-refractivity contribution >= 4 is 27.9 Å². The molecule has 0 spiro atoms. The molecule has 26 heavy (non-hydrogen) atoms. The van der Waals surface area contributed by atoms with E-state index in [9.17, 15) is 14.7 Å². The SMILES string of the molecule is CC1(C)C[C@@H](O)[C@H](N)c2ccc(Br)cc21.O.O=C(O)[C@@H](O)[C@H](O)C(=O)O. The van der Waals surface area contributed by atoms with Gasteiger partial charge in [0.2, 0.25) is 0 Å². The number of rotatable bonds is 3. The van der Waals surface area contributed by atoms with Gasteiger partial charge in [-0.15, -0.1) is 0 Å². The van der Waals surface area contributed by atoms with E-state index in [1.807, 2.05) is 12.1 Å². The second-order valence-corrected chi connectivity index (χ2v) is 7.39. The molecule has 0 bridgehead atoms. The Bertz CT molecular complexity index is 633. The Kier molecular flexibility index (Phi) is 8.83. The minimum absolute atomic E-state index is 0. The van der Waals surface area contributed by atoms with E-state index < -0.39 is 30.3 Å². The summed E-state index contributed by atoms with van der Waals surface area (Å²) in [6.45, 7) is 4.29. The van der Waals surface area contributed by atoms with Crippen LogP contribution >= 0.6 is 15.9 Å². The van der Waals surface area contributed by atoms with Crippen molar-refractivity contribution in [2.75, 3.05) is 0 Å². The van der Waals surface area contributed by atoms with Crippen molar-refractivity contribution in [2.45, 2.75) is 50.0 Å². The summed E-state index contributed by atoms with van der Waals surface area (Å²) in [5.41, 5.74) is 8.31. The number of hydrogen-bond acceptors (Lipinski definition) is 6. The van der Waals surface area contributed by atoms with Gasteiger partial charge in [0.15, 0.2) is 12.2 Å². The van der Waals surface area contributed by atoms with Crippen LogP contribution in [0.5, 0.6) is 0 Å². The van der Waals surface area contributed by atoms with Crippen molar-refractivity contribution in [3.05, 3.63) is 33.8 Å². The van der Waals surface area contributed by atoms with Gasteiger partial charge in [0.1, 0.15) is 0 Å². The highest BCUT2D eigenvalue weighted by molar-refractivity contribution is 9.10. The van der Waals surface area contributed by atoms with Crippen LogP contribution in [0.15, 0.2) is 22.7 Å². The summed E-state index contributed by atoms with van der Waals surface area (Å²) in [4.78, 5) is 19.5. The number of benzene rings is 1. The van der Waals surface area contributed by atoms with Crippen molar-refractivity contribution < 1.29 is 40.6 Å². The highest BCUT2D eigenvalue weighted by atomic mass is 79.9. The van der Waals surface area contributed by atoms with Crippen LogP contribution in [0.1, 0.15) is 37.4 Å². The monoisotopic (exact) mass is 437 g/mol. The van der Waals surface area contributed by atoms with Crippen LogP contribution in [0.25, 0.3) is 0 Å². The van der Waals surface area contributed by atoms with Crippen molar-refractivity contribution in [3.63, 3.8) is 0 Å². The molecule has 1 aliphatic carbocycles. The molecule has 9 nitrogen and oxygen atoms in total. The molecule has 2 rings (SSSR count). The van der Waals surface area contributed by atoms with Crippen LogP contribution in [0.4, 0.5) is 0 Å². The fourth-order valence-corrected chi connectivity index (χ4v) is 3.00. The Morgan fingerprint density at radius 3 is 2.08 bits per heavy atom. The van der Waals surface area contributed by atoms with Gasteiger partial charge in [0.25, 0.3) is 0 Å². The van der Waals surface area contributed by atoms with Crippen molar-refractivity contribution in [1.29, 1.82) is 0 Å². The summed E-state index contributed by atoms with van der Waals surface area (Å²) in [5.74, 6) is -3.54. The third-order valence-electron chi connectivity index (χ3n) is 4.04. The first kappa shape index (κ1) is 24.4. The minimum Gasteiger partial charge on any atom is -0.479 e. The maximum absolute atomic E-state index is 9.89. The quantitative estimate of drug-likeness (QED) is 0.365. The van der Waals surface area contributed by atoms with E-state index >= 15 is 0 Å². The zero-order valence-electron chi connectivity index (χ0n) is 14.3.